The van der Waals surface area contributed by atoms with Gasteiger partial charge in [-0.05, 0) is 55.3 Å². The average molecular weight is 396 g/mol. The van der Waals surface area contributed by atoms with Gasteiger partial charge in [0.15, 0.2) is 0 Å². The normalized spacial score (nSPS) is 10.5. The molecule has 1 aromatic heterocycles. The summed E-state index contributed by atoms with van der Waals surface area (Å²) in [6, 6.07) is 11.5. The van der Waals surface area contributed by atoms with E-state index in [2.05, 4.69) is 20.6 Å². The zero-order valence-electron chi connectivity index (χ0n) is 16.2. The van der Waals surface area contributed by atoms with E-state index >= 15 is 0 Å². The summed E-state index contributed by atoms with van der Waals surface area (Å²) < 4.78 is 0. The van der Waals surface area contributed by atoms with Crippen molar-refractivity contribution in [1.29, 1.82) is 0 Å². The molecule has 7 heteroatoms. The molecule has 1 heterocycles. The molecule has 3 rings (SSSR count). The Morgan fingerprint density at radius 3 is 2.25 bits per heavy atom. The maximum atomic E-state index is 12.4. The molecule has 0 aliphatic heterocycles. The van der Waals surface area contributed by atoms with Gasteiger partial charge in [-0.25, -0.2) is 9.97 Å². The summed E-state index contributed by atoms with van der Waals surface area (Å²) in [5.74, 6) is 0.106. The van der Waals surface area contributed by atoms with Crippen LogP contribution in [0.3, 0.4) is 0 Å². The van der Waals surface area contributed by atoms with Crippen LogP contribution in [0.25, 0.3) is 0 Å². The lowest BCUT2D eigenvalue weighted by atomic mass is 10.1. The van der Waals surface area contributed by atoms with E-state index in [4.69, 9.17) is 11.6 Å². The molecule has 0 unspecified atom stereocenters. The number of carbonyl (C=O) groups excluding carboxylic acids is 1. The summed E-state index contributed by atoms with van der Waals surface area (Å²) in [7, 11) is 3.93. The molecule has 0 aliphatic carbocycles. The Morgan fingerprint density at radius 2 is 1.68 bits per heavy atom. The van der Waals surface area contributed by atoms with Crippen molar-refractivity contribution in [2.24, 2.45) is 0 Å². The van der Waals surface area contributed by atoms with Crippen LogP contribution in [-0.4, -0.2) is 30.0 Å². The molecule has 0 spiro atoms. The van der Waals surface area contributed by atoms with Gasteiger partial charge >= 0.3 is 0 Å². The van der Waals surface area contributed by atoms with Crippen LogP contribution in [0.4, 0.5) is 23.0 Å². The number of aryl methyl sites for hydroxylation is 2. The minimum absolute atomic E-state index is 0.270. The zero-order chi connectivity index (χ0) is 20.3. The number of halogens is 1. The smallest absolute Gasteiger partial charge is 0.258 e. The minimum Gasteiger partial charge on any atom is -0.378 e. The first-order valence-corrected chi connectivity index (χ1v) is 9.16. The zero-order valence-corrected chi connectivity index (χ0v) is 17.0. The largest absolute Gasteiger partial charge is 0.378 e. The Labute approximate surface area is 169 Å². The maximum absolute atomic E-state index is 12.4. The van der Waals surface area contributed by atoms with Crippen molar-refractivity contribution in [1.82, 2.24) is 9.97 Å². The molecular formula is C21H22ClN5O. The van der Waals surface area contributed by atoms with Gasteiger partial charge in [0, 0.05) is 37.9 Å². The number of anilines is 4. The Balaban J connectivity index is 1.69. The van der Waals surface area contributed by atoms with Gasteiger partial charge in [-0.3, -0.25) is 4.79 Å². The first-order valence-electron chi connectivity index (χ1n) is 8.78. The van der Waals surface area contributed by atoms with Crippen molar-refractivity contribution < 1.29 is 4.79 Å². The fourth-order valence-electron chi connectivity index (χ4n) is 2.74. The summed E-state index contributed by atoms with van der Waals surface area (Å²) in [5.41, 5.74) is 4.97. The monoisotopic (exact) mass is 395 g/mol. The number of nitrogens with one attached hydrogen (secondary N) is 2. The highest BCUT2D eigenvalue weighted by Crippen LogP contribution is 2.29. The van der Waals surface area contributed by atoms with Crippen LogP contribution in [0, 0.1) is 13.8 Å². The Morgan fingerprint density at radius 1 is 1.04 bits per heavy atom. The second kappa shape index (κ2) is 8.27. The van der Waals surface area contributed by atoms with Crippen molar-refractivity contribution in [3.8, 4) is 0 Å². The van der Waals surface area contributed by atoms with Gasteiger partial charge in [-0.1, -0.05) is 17.7 Å². The van der Waals surface area contributed by atoms with Crippen LogP contribution in [-0.2, 0) is 0 Å². The lowest BCUT2D eigenvalue weighted by molar-refractivity contribution is 0.102. The van der Waals surface area contributed by atoms with Gasteiger partial charge < -0.3 is 15.5 Å². The second-order valence-electron chi connectivity index (χ2n) is 6.75. The molecule has 0 saturated carbocycles. The topological polar surface area (TPSA) is 70.2 Å². The lowest BCUT2D eigenvalue weighted by Gasteiger charge is -2.13. The number of benzene rings is 2. The fraction of sp³-hybridized carbons (Fsp3) is 0.190. The highest BCUT2D eigenvalue weighted by atomic mass is 35.5. The van der Waals surface area contributed by atoms with Crippen LogP contribution >= 0.6 is 11.6 Å². The van der Waals surface area contributed by atoms with Crippen molar-refractivity contribution >= 4 is 40.5 Å². The fourth-order valence-corrected chi connectivity index (χ4v) is 3.11. The molecule has 1 amide bonds. The third-order valence-corrected chi connectivity index (χ3v) is 4.52. The molecular weight excluding hydrogens is 374 g/mol. The van der Waals surface area contributed by atoms with Crippen LogP contribution in [0.5, 0.6) is 0 Å². The van der Waals surface area contributed by atoms with Gasteiger partial charge in [0.05, 0.1) is 16.3 Å². The average Bonchev–Trinajstić information content (AvgIpc) is 2.65. The van der Waals surface area contributed by atoms with E-state index in [1.165, 1.54) is 12.4 Å². The third-order valence-electron chi connectivity index (χ3n) is 4.22. The number of nitrogens with zero attached hydrogens (tertiary/aromatic N) is 3. The van der Waals surface area contributed by atoms with E-state index in [1.807, 2.05) is 69.2 Å². The lowest BCUT2D eigenvalue weighted by Crippen LogP contribution is -2.13. The van der Waals surface area contributed by atoms with Gasteiger partial charge in [0.2, 0.25) is 5.95 Å². The molecule has 0 atom stereocenters. The molecule has 0 radical (unpaired) electrons. The third kappa shape index (κ3) is 4.58. The molecule has 0 saturated heterocycles. The predicted octanol–water partition coefficient (Wildman–Crippen LogP) is 4.81. The van der Waals surface area contributed by atoms with Gasteiger partial charge in [-0.2, -0.15) is 0 Å². The number of hydrogen-bond donors (Lipinski definition) is 2. The van der Waals surface area contributed by atoms with Crippen LogP contribution in [0.1, 0.15) is 21.5 Å². The molecule has 0 bridgehead atoms. The summed E-state index contributed by atoms with van der Waals surface area (Å²) in [4.78, 5) is 22.9. The quantitative estimate of drug-likeness (QED) is 0.648. The van der Waals surface area contributed by atoms with E-state index in [1.54, 1.807) is 0 Å². The van der Waals surface area contributed by atoms with E-state index in [9.17, 15) is 4.79 Å². The van der Waals surface area contributed by atoms with Crippen molar-refractivity contribution in [3.63, 3.8) is 0 Å². The molecule has 0 aliphatic rings. The SMILES string of the molecule is Cc1cc(C)c(Nc2ncc(C(=O)Nc3ccc(N(C)C)cc3)cn2)c(Cl)c1. The number of hydrogen-bond acceptors (Lipinski definition) is 5. The first kappa shape index (κ1) is 19.6. The van der Waals surface area contributed by atoms with Crippen LogP contribution in [0.15, 0.2) is 48.8 Å². The van der Waals surface area contributed by atoms with Gasteiger partial charge in [0.25, 0.3) is 5.91 Å². The maximum Gasteiger partial charge on any atom is 0.258 e. The molecule has 6 nitrogen and oxygen atoms in total. The summed E-state index contributed by atoms with van der Waals surface area (Å²) >= 11 is 6.30. The minimum atomic E-state index is -0.270. The number of rotatable bonds is 5. The number of carbonyl (C=O) groups is 1. The molecule has 28 heavy (non-hydrogen) atoms. The number of aromatic nitrogens is 2. The molecule has 144 valence electrons. The summed E-state index contributed by atoms with van der Waals surface area (Å²) in [6.45, 7) is 3.95. The van der Waals surface area contributed by atoms with E-state index in [0.29, 0.717) is 22.2 Å². The van der Waals surface area contributed by atoms with Crippen LogP contribution in [0.2, 0.25) is 5.02 Å². The molecule has 3 aromatic rings. The predicted molar refractivity (Wildman–Crippen MR) is 115 cm³/mol. The van der Waals surface area contributed by atoms with E-state index < -0.39 is 0 Å². The second-order valence-corrected chi connectivity index (χ2v) is 7.16. The Bertz CT molecular complexity index is 962. The van der Waals surface area contributed by atoms with Crippen molar-refractivity contribution in [2.45, 2.75) is 13.8 Å². The van der Waals surface area contributed by atoms with Crippen molar-refractivity contribution in [3.05, 3.63) is 70.5 Å². The Hall–Kier alpha value is -3.12. The molecule has 2 aromatic carbocycles. The van der Waals surface area contributed by atoms with Gasteiger partial charge in [0.1, 0.15) is 0 Å². The van der Waals surface area contributed by atoms with E-state index in [0.717, 1.165) is 22.5 Å². The highest BCUT2D eigenvalue weighted by molar-refractivity contribution is 6.33. The number of amides is 1. The molecule has 2 N–H and O–H groups in total. The summed E-state index contributed by atoms with van der Waals surface area (Å²) in [5, 5.41) is 6.55. The van der Waals surface area contributed by atoms with Gasteiger partial charge in [-0.15, -0.1) is 0 Å². The van der Waals surface area contributed by atoms with E-state index in [-0.39, 0.29) is 5.91 Å². The standard InChI is InChI=1S/C21H22ClN5O/c1-13-9-14(2)19(18(22)10-13)26-21-23-11-15(12-24-21)20(28)25-16-5-7-17(8-6-16)27(3)4/h5-12H,1-4H3,(H,25,28)(H,23,24,26). The molecule has 0 fully saturated rings. The van der Waals surface area contributed by atoms with Crippen LogP contribution < -0.4 is 15.5 Å². The van der Waals surface area contributed by atoms with Crippen molar-refractivity contribution in [2.75, 3.05) is 29.6 Å². The first-order chi connectivity index (χ1) is 13.3. The highest BCUT2D eigenvalue weighted by Gasteiger charge is 2.10. The Kier molecular flexibility index (Phi) is 5.80. The summed E-state index contributed by atoms with van der Waals surface area (Å²) in [6.07, 6.45) is 2.96.